The Labute approximate surface area is 153 Å². The molecular formula is C16H31N5O5. The molecular weight excluding hydrogens is 342 g/mol. The molecule has 0 aromatic carbocycles. The normalized spacial score (nSPS) is 14.2. The first-order valence-electron chi connectivity index (χ1n) is 8.67. The van der Waals surface area contributed by atoms with Crippen molar-refractivity contribution in [1.82, 2.24) is 16.0 Å². The van der Waals surface area contributed by atoms with E-state index in [9.17, 15) is 24.3 Å². The van der Waals surface area contributed by atoms with Crippen molar-refractivity contribution < 1.29 is 24.3 Å². The minimum absolute atomic E-state index is 0.250. The monoisotopic (exact) mass is 373 g/mol. The van der Waals surface area contributed by atoms with Crippen LogP contribution in [-0.4, -0.2) is 60.0 Å². The van der Waals surface area contributed by atoms with E-state index in [1.807, 2.05) is 0 Å². The van der Waals surface area contributed by atoms with Gasteiger partial charge in [0.15, 0.2) is 0 Å². The van der Waals surface area contributed by atoms with Crippen molar-refractivity contribution in [3.8, 4) is 0 Å². The lowest BCUT2D eigenvalue weighted by Crippen LogP contribution is -2.57. The van der Waals surface area contributed by atoms with Gasteiger partial charge in [-0.25, -0.2) is 4.79 Å². The predicted molar refractivity (Wildman–Crippen MR) is 95.9 cm³/mol. The molecule has 3 amide bonds. The van der Waals surface area contributed by atoms with Crippen molar-refractivity contribution in [3.05, 3.63) is 0 Å². The molecule has 26 heavy (non-hydrogen) atoms. The van der Waals surface area contributed by atoms with Crippen LogP contribution in [0.2, 0.25) is 0 Å². The zero-order chi connectivity index (χ0) is 20.3. The number of carboxylic acids is 1. The largest absolute Gasteiger partial charge is 0.480 e. The van der Waals surface area contributed by atoms with Gasteiger partial charge < -0.3 is 32.5 Å². The maximum Gasteiger partial charge on any atom is 0.326 e. The van der Waals surface area contributed by atoms with Crippen molar-refractivity contribution in [2.24, 2.45) is 17.4 Å². The van der Waals surface area contributed by atoms with Crippen LogP contribution >= 0.6 is 0 Å². The van der Waals surface area contributed by atoms with E-state index in [4.69, 9.17) is 11.5 Å². The number of aliphatic carboxylic acids is 1. The molecule has 0 saturated carbocycles. The molecule has 0 aromatic heterocycles. The minimum Gasteiger partial charge on any atom is -0.480 e. The third kappa shape index (κ3) is 8.77. The first-order chi connectivity index (χ1) is 12.1. The number of nitrogens with one attached hydrogen (secondary N) is 3. The van der Waals surface area contributed by atoms with Crippen molar-refractivity contribution in [2.45, 2.75) is 58.2 Å². The number of carbonyl (C=O) groups excluding carboxylic acids is 3. The number of nitrogens with two attached hydrogens (primary N) is 2. The van der Waals surface area contributed by atoms with Crippen LogP contribution in [0.15, 0.2) is 0 Å². The summed E-state index contributed by atoms with van der Waals surface area (Å²) in [7, 11) is 0. The summed E-state index contributed by atoms with van der Waals surface area (Å²) in [4.78, 5) is 47.2. The number of amides is 3. The van der Waals surface area contributed by atoms with Crippen molar-refractivity contribution in [1.29, 1.82) is 0 Å². The summed E-state index contributed by atoms with van der Waals surface area (Å²) in [5, 5.41) is 16.6. The molecule has 3 unspecified atom stereocenters. The van der Waals surface area contributed by atoms with Gasteiger partial charge in [0, 0.05) is 0 Å². The number of carboxylic acid groups (broad SMARTS) is 1. The highest BCUT2D eigenvalue weighted by Crippen LogP contribution is 2.06. The number of hydrogen-bond acceptors (Lipinski definition) is 6. The number of unbranched alkanes of at least 4 members (excludes halogenated alkanes) is 1. The van der Waals surface area contributed by atoms with Gasteiger partial charge in [-0.3, -0.25) is 14.4 Å². The maximum atomic E-state index is 12.4. The van der Waals surface area contributed by atoms with Gasteiger partial charge in [-0.15, -0.1) is 0 Å². The topological polar surface area (TPSA) is 177 Å². The molecule has 0 fully saturated rings. The third-order valence-corrected chi connectivity index (χ3v) is 3.76. The molecule has 0 rings (SSSR count). The molecule has 10 heteroatoms. The van der Waals surface area contributed by atoms with E-state index in [-0.39, 0.29) is 18.9 Å². The molecule has 0 aromatic rings. The Balaban J connectivity index is 4.89. The second kappa shape index (κ2) is 12.2. The Morgan fingerprint density at radius 2 is 1.54 bits per heavy atom. The fourth-order valence-electron chi connectivity index (χ4n) is 2.19. The molecule has 0 radical (unpaired) electrons. The van der Waals surface area contributed by atoms with E-state index in [2.05, 4.69) is 16.0 Å². The average Bonchev–Trinajstić information content (AvgIpc) is 2.57. The first-order valence-corrected chi connectivity index (χ1v) is 8.67. The van der Waals surface area contributed by atoms with E-state index in [1.54, 1.807) is 13.8 Å². The SMILES string of the molecule is CC(NC(=O)CN)C(=O)NC(C(=O)NC(CCCCN)C(=O)O)C(C)C. The van der Waals surface area contributed by atoms with Crippen molar-refractivity contribution in [3.63, 3.8) is 0 Å². The fraction of sp³-hybridized carbons (Fsp3) is 0.750. The highest BCUT2D eigenvalue weighted by atomic mass is 16.4. The first kappa shape index (κ1) is 23.8. The number of hydrogen-bond donors (Lipinski definition) is 6. The number of carbonyl (C=O) groups is 4. The number of rotatable bonds is 12. The van der Waals surface area contributed by atoms with Crippen LogP contribution in [0.3, 0.4) is 0 Å². The quantitative estimate of drug-likeness (QED) is 0.221. The lowest BCUT2D eigenvalue weighted by Gasteiger charge is -2.25. The van der Waals surface area contributed by atoms with Crippen LogP contribution in [0.1, 0.15) is 40.0 Å². The molecule has 0 saturated heterocycles. The predicted octanol–water partition coefficient (Wildman–Crippen LogP) is -1.71. The molecule has 0 heterocycles. The van der Waals surface area contributed by atoms with E-state index in [0.29, 0.717) is 19.4 Å². The van der Waals surface area contributed by atoms with Crippen LogP contribution in [0.4, 0.5) is 0 Å². The van der Waals surface area contributed by atoms with Crippen LogP contribution in [0, 0.1) is 5.92 Å². The minimum atomic E-state index is -1.15. The smallest absolute Gasteiger partial charge is 0.326 e. The van der Waals surface area contributed by atoms with Crippen LogP contribution < -0.4 is 27.4 Å². The zero-order valence-electron chi connectivity index (χ0n) is 15.6. The van der Waals surface area contributed by atoms with Gasteiger partial charge in [-0.1, -0.05) is 13.8 Å². The summed E-state index contributed by atoms with van der Waals surface area (Å²) in [6.07, 6.45) is 1.47. The molecule has 0 aliphatic rings. The van der Waals surface area contributed by atoms with Gasteiger partial charge in [-0.05, 0) is 38.6 Å². The molecule has 10 nitrogen and oxygen atoms in total. The molecule has 3 atom stereocenters. The van der Waals surface area contributed by atoms with Crippen molar-refractivity contribution in [2.75, 3.05) is 13.1 Å². The van der Waals surface area contributed by atoms with E-state index in [0.717, 1.165) is 0 Å². The second-order valence-corrected chi connectivity index (χ2v) is 6.41. The Kier molecular flexibility index (Phi) is 11.2. The lowest BCUT2D eigenvalue weighted by molar-refractivity contribution is -0.142. The maximum absolute atomic E-state index is 12.4. The van der Waals surface area contributed by atoms with Crippen LogP contribution in [0.5, 0.6) is 0 Å². The second-order valence-electron chi connectivity index (χ2n) is 6.41. The summed E-state index contributed by atoms with van der Waals surface area (Å²) in [5.74, 6) is -3.08. The highest BCUT2D eigenvalue weighted by molar-refractivity contribution is 5.93. The highest BCUT2D eigenvalue weighted by Gasteiger charge is 2.29. The summed E-state index contributed by atoms with van der Waals surface area (Å²) in [5.41, 5.74) is 10.6. The molecule has 0 bridgehead atoms. The van der Waals surface area contributed by atoms with Crippen molar-refractivity contribution >= 4 is 23.7 Å². The fourth-order valence-corrected chi connectivity index (χ4v) is 2.19. The average molecular weight is 373 g/mol. The Morgan fingerprint density at radius 3 is 2.00 bits per heavy atom. The van der Waals surface area contributed by atoms with Gasteiger partial charge in [0.05, 0.1) is 6.54 Å². The van der Waals surface area contributed by atoms with Gasteiger partial charge in [0.2, 0.25) is 17.7 Å². The Hall–Kier alpha value is -2.20. The van der Waals surface area contributed by atoms with Crippen LogP contribution in [0.25, 0.3) is 0 Å². The van der Waals surface area contributed by atoms with Gasteiger partial charge in [0.1, 0.15) is 18.1 Å². The molecule has 0 spiro atoms. The lowest BCUT2D eigenvalue weighted by atomic mass is 10.0. The van der Waals surface area contributed by atoms with Gasteiger partial charge in [0.25, 0.3) is 0 Å². The molecule has 8 N–H and O–H groups in total. The third-order valence-electron chi connectivity index (χ3n) is 3.76. The van der Waals surface area contributed by atoms with E-state index >= 15 is 0 Å². The summed E-state index contributed by atoms with van der Waals surface area (Å²) >= 11 is 0. The van der Waals surface area contributed by atoms with Crippen LogP contribution in [-0.2, 0) is 19.2 Å². The zero-order valence-corrected chi connectivity index (χ0v) is 15.6. The molecule has 0 aliphatic carbocycles. The summed E-state index contributed by atoms with van der Waals surface area (Å²) in [6.45, 7) is 5.09. The molecule has 0 aliphatic heterocycles. The Morgan fingerprint density at radius 1 is 0.923 bits per heavy atom. The van der Waals surface area contributed by atoms with E-state index < -0.39 is 41.8 Å². The Bertz CT molecular complexity index is 497. The molecule has 150 valence electrons. The van der Waals surface area contributed by atoms with Gasteiger partial charge in [-0.2, -0.15) is 0 Å². The summed E-state index contributed by atoms with van der Waals surface area (Å²) in [6, 6.07) is -2.86. The van der Waals surface area contributed by atoms with E-state index in [1.165, 1.54) is 6.92 Å². The standard InChI is InChI=1S/C16H31N5O5/c1-9(2)13(21-14(23)10(3)19-12(22)8-18)15(24)20-11(16(25)26)6-4-5-7-17/h9-11,13H,4-8,17-18H2,1-3H3,(H,19,22)(H,20,24)(H,21,23)(H,25,26). The summed E-state index contributed by atoms with van der Waals surface area (Å²) < 4.78 is 0. The van der Waals surface area contributed by atoms with Gasteiger partial charge >= 0.3 is 5.97 Å².